The highest BCUT2D eigenvalue weighted by atomic mass is 31.2. The number of aliphatic hydroxyl groups excluding tert-OH is 1. The molecule has 2 aliphatic rings. The molecule has 2 aromatic rings. The lowest BCUT2D eigenvalue weighted by molar-refractivity contribution is -0.214. The third kappa shape index (κ3) is 6.37. The number of alkyl halides is 2. The Hall–Kier alpha value is -2.94. The maximum atomic E-state index is 15.6. The fourth-order valence-corrected chi connectivity index (χ4v) is 5.34. The van der Waals surface area contributed by atoms with Crippen LogP contribution in [0, 0.1) is 0 Å². The molecule has 0 saturated carbocycles. The molecule has 1 aromatic heterocycles. The predicted molar refractivity (Wildman–Crippen MR) is 126 cm³/mol. The summed E-state index contributed by atoms with van der Waals surface area (Å²) >= 11 is 0. The molecule has 0 bridgehead atoms. The van der Waals surface area contributed by atoms with Crippen LogP contribution in [-0.2, 0) is 28.1 Å². The molecule has 6 atom stereocenters. The van der Waals surface area contributed by atoms with Gasteiger partial charge in [0.2, 0.25) is 6.23 Å². The molecule has 38 heavy (non-hydrogen) atoms. The zero-order valence-electron chi connectivity index (χ0n) is 20.1. The van der Waals surface area contributed by atoms with E-state index >= 15 is 8.78 Å². The predicted octanol–water partition coefficient (Wildman–Crippen LogP) is 1.58. The fraction of sp³-hybridized carbons (Fsp3) is 0.500. The van der Waals surface area contributed by atoms with Crippen molar-refractivity contribution in [3.63, 3.8) is 0 Å². The van der Waals surface area contributed by atoms with E-state index in [4.69, 9.17) is 29.0 Å². The first-order valence-corrected chi connectivity index (χ1v) is 13.2. The Kier molecular flexibility index (Phi) is 8.45. The van der Waals surface area contributed by atoms with Crippen molar-refractivity contribution in [2.75, 3.05) is 18.9 Å². The Morgan fingerprint density at radius 2 is 1.97 bits per heavy atom. The number of nitrogens with one attached hydrogen (secondary N) is 1. The van der Waals surface area contributed by atoms with Gasteiger partial charge in [0.1, 0.15) is 23.7 Å². The van der Waals surface area contributed by atoms with Gasteiger partial charge in [0.05, 0.1) is 13.2 Å². The molecule has 4 rings (SSSR count). The lowest BCUT2D eigenvalue weighted by Gasteiger charge is -2.28. The molecule has 0 aliphatic carbocycles. The lowest BCUT2D eigenvalue weighted by Crippen LogP contribution is -2.45. The van der Waals surface area contributed by atoms with Crippen molar-refractivity contribution in [3.05, 3.63) is 53.1 Å². The van der Waals surface area contributed by atoms with Crippen LogP contribution in [-0.4, -0.2) is 64.3 Å². The molecule has 3 heterocycles. The number of cyclic esters (lactones) is 1. The molecule has 16 heteroatoms. The third-order valence-corrected chi connectivity index (χ3v) is 7.32. The summed E-state index contributed by atoms with van der Waals surface area (Å²) in [5.74, 6) is -4.75. The van der Waals surface area contributed by atoms with E-state index in [0.29, 0.717) is 4.57 Å². The maximum absolute atomic E-state index is 15.6. The molecule has 208 valence electrons. The van der Waals surface area contributed by atoms with Crippen LogP contribution in [0.2, 0.25) is 0 Å². The van der Waals surface area contributed by atoms with Gasteiger partial charge in [0.25, 0.3) is 0 Å². The molecule has 0 radical (unpaired) electrons. The van der Waals surface area contributed by atoms with Crippen molar-refractivity contribution in [2.45, 2.75) is 56.5 Å². The summed E-state index contributed by atoms with van der Waals surface area (Å²) in [6.07, 6.45) is -6.80. The van der Waals surface area contributed by atoms with E-state index in [1.807, 2.05) is 0 Å². The van der Waals surface area contributed by atoms with Gasteiger partial charge in [-0.05, 0) is 31.5 Å². The van der Waals surface area contributed by atoms with Crippen molar-refractivity contribution in [3.8, 4) is 5.75 Å². The van der Waals surface area contributed by atoms with E-state index in [1.54, 1.807) is 18.2 Å². The smallest absolute Gasteiger partial charge is 0.459 e. The van der Waals surface area contributed by atoms with Crippen LogP contribution in [0.5, 0.6) is 5.75 Å². The Labute approximate surface area is 215 Å². The van der Waals surface area contributed by atoms with Crippen LogP contribution in [0.4, 0.5) is 14.6 Å². The van der Waals surface area contributed by atoms with Gasteiger partial charge in [-0.1, -0.05) is 18.2 Å². The summed E-state index contributed by atoms with van der Waals surface area (Å²) in [7, 11) is -4.41. The molecule has 4 N–H and O–H groups in total. The molecule has 2 saturated heterocycles. The molecule has 13 nitrogen and oxygen atoms in total. The van der Waals surface area contributed by atoms with Crippen molar-refractivity contribution < 1.29 is 46.5 Å². The quantitative estimate of drug-likeness (QED) is 0.366. The number of carbonyl (C=O) groups is 1. The van der Waals surface area contributed by atoms with E-state index in [2.05, 4.69) is 10.1 Å². The number of anilines is 1. The van der Waals surface area contributed by atoms with E-state index in [1.165, 1.54) is 19.1 Å². The first-order valence-electron chi connectivity index (χ1n) is 11.6. The number of aromatic nitrogens is 2. The summed E-state index contributed by atoms with van der Waals surface area (Å²) < 4.78 is 72.1. The number of nitrogen functional groups attached to an aromatic ring is 1. The van der Waals surface area contributed by atoms with E-state index in [-0.39, 0.29) is 31.0 Å². The summed E-state index contributed by atoms with van der Waals surface area (Å²) in [6.45, 7) is 0.377. The summed E-state index contributed by atoms with van der Waals surface area (Å²) in [5.41, 5.74) is 4.35. The third-order valence-electron chi connectivity index (χ3n) is 5.68. The van der Waals surface area contributed by atoms with Crippen molar-refractivity contribution >= 4 is 19.5 Å². The summed E-state index contributed by atoms with van der Waals surface area (Å²) in [6, 6.07) is 7.77. The monoisotopic (exact) mass is 560 g/mol. The first kappa shape index (κ1) is 28.1. The SMILES string of the molecule is C[C@@H]1N[P@@](=O)(Oc2ccccc2)OC[C@H]2O[C@@H](n3ccc(N)nc3=O)C(F)(F)[C@@H]2OC(O)CCCOC1=O. The zero-order chi connectivity index (χ0) is 27.5. The van der Waals surface area contributed by atoms with Crippen LogP contribution < -0.4 is 21.0 Å². The molecule has 2 aliphatic heterocycles. The Morgan fingerprint density at radius 3 is 2.68 bits per heavy atom. The number of hydrogen-bond acceptors (Lipinski definition) is 11. The molecule has 1 unspecified atom stereocenters. The standard InChI is InChI=1S/C22H27F2N4O9P/c1-13-19(30)33-11-5-8-17(29)36-18-15(12-34-38(32,27-13)37-14-6-3-2-4-7-14)35-20(22(18,23)24)28-10-9-16(25)26-21(28)31/h2-4,6-7,9-10,13,15,17-18,20,29H,5,8,11-12H2,1H3,(H,27,32)(H2,25,26,31)/t13-,15+,17?,18+,20+,38-/m0/s1. The second kappa shape index (κ2) is 11.4. The van der Waals surface area contributed by atoms with Gasteiger partial charge in [0.15, 0.2) is 12.4 Å². The number of aliphatic hydroxyl groups is 1. The molecule has 0 spiro atoms. The molecule has 0 amide bonds. The Morgan fingerprint density at radius 1 is 1.24 bits per heavy atom. The lowest BCUT2D eigenvalue weighted by atomic mass is 10.1. The topological polar surface area (TPSA) is 173 Å². The highest BCUT2D eigenvalue weighted by Gasteiger charge is 2.62. The number of para-hydroxylation sites is 1. The average Bonchev–Trinajstić information content (AvgIpc) is 3.10. The van der Waals surface area contributed by atoms with Crippen LogP contribution >= 0.6 is 7.75 Å². The summed E-state index contributed by atoms with van der Waals surface area (Å²) in [5, 5.41) is 12.7. The van der Waals surface area contributed by atoms with E-state index in [0.717, 1.165) is 12.3 Å². The highest BCUT2D eigenvalue weighted by Crippen LogP contribution is 2.49. The number of carbonyl (C=O) groups excluding carboxylic acids is 1. The second-order valence-corrected chi connectivity index (χ2v) is 10.3. The molecule has 2 fully saturated rings. The fourth-order valence-electron chi connectivity index (χ4n) is 3.84. The molecular weight excluding hydrogens is 533 g/mol. The number of rotatable bonds is 3. The number of esters is 1. The van der Waals surface area contributed by atoms with Crippen LogP contribution in [0.3, 0.4) is 0 Å². The number of benzene rings is 1. The maximum Gasteiger partial charge on any atom is 0.459 e. The van der Waals surface area contributed by atoms with Gasteiger partial charge in [-0.2, -0.15) is 18.9 Å². The highest BCUT2D eigenvalue weighted by molar-refractivity contribution is 7.52. The number of hydrogen-bond donors (Lipinski definition) is 3. The van der Waals surface area contributed by atoms with Gasteiger partial charge < -0.3 is 29.6 Å². The normalized spacial score (nSPS) is 32.5. The number of halogens is 2. The number of nitrogens with two attached hydrogens (primary N) is 1. The van der Waals surface area contributed by atoms with E-state index < -0.39 is 62.7 Å². The van der Waals surface area contributed by atoms with E-state index in [9.17, 15) is 19.3 Å². The van der Waals surface area contributed by atoms with Crippen LogP contribution in [0.15, 0.2) is 47.4 Å². The van der Waals surface area contributed by atoms with Gasteiger partial charge >= 0.3 is 25.3 Å². The molecular formula is C22H27F2N4O9P. The number of ether oxygens (including phenoxy) is 3. The minimum absolute atomic E-state index is 0.0723. The number of fused-ring (bicyclic) bond motifs is 1. The minimum Gasteiger partial charge on any atom is -0.465 e. The first-order chi connectivity index (χ1) is 18.0. The largest absolute Gasteiger partial charge is 0.465 e. The molecule has 1 aromatic carbocycles. The Balaban J connectivity index is 1.66. The van der Waals surface area contributed by atoms with Crippen molar-refractivity contribution in [1.29, 1.82) is 0 Å². The van der Waals surface area contributed by atoms with Crippen LogP contribution in [0.1, 0.15) is 26.0 Å². The Bertz CT molecular complexity index is 1230. The summed E-state index contributed by atoms with van der Waals surface area (Å²) in [4.78, 5) is 28.1. The minimum atomic E-state index is -4.41. The van der Waals surface area contributed by atoms with Crippen molar-refractivity contribution in [1.82, 2.24) is 14.6 Å². The number of nitrogens with zero attached hydrogens (tertiary/aromatic N) is 2. The van der Waals surface area contributed by atoms with Crippen LogP contribution in [0.25, 0.3) is 0 Å². The average molecular weight is 560 g/mol. The van der Waals surface area contributed by atoms with Gasteiger partial charge in [0, 0.05) is 12.6 Å². The second-order valence-electron chi connectivity index (χ2n) is 8.61. The van der Waals surface area contributed by atoms with Gasteiger partial charge in [-0.3, -0.25) is 13.9 Å². The zero-order valence-corrected chi connectivity index (χ0v) is 21.0. The van der Waals surface area contributed by atoms with Gasteiger partial charge in [-0.25, -0.2) is 9.36 Å². The van der Waals surface area contributed by atoms with Gasteiger partial charge in [-0.15, -0.1) is 0 Å². The van der Waals surface area contributed by atoms with Crippen molar-refractivity contribution in [2.24, 2.45) is 0 Å².